The van der Waals surface area contributed by atoms with Crippen LogP contribution in [0.4, 0.5) is 5.69 Å². The molecule has 3 heterocycles. The number of benzene rings is 1. The summed E-state index contributed by atoms with van der Waals surface area (Å²) in [6, 6.07) is 4.80. The van der Waals surface area contributed by atoms with Crippen LogP contribution in [0.2, 0.25) is 0 Å². The molecule has 1 aromatic carbocycles. The number of hydrogen-bond acceptors (Lipinski definition) is 5. The number of carbonyl (C=O) groups is 2. The molecular formula is C20H28N4O4S. The molecule has 0 spiro atoms. The van der Waals surface area contributed by atoms with Crippen LogP contribution < -0.4 is 5.32 Å². The summed E-state index contributed by atoms with van der Waals surface area (Å²) in [5, 5.41) is 2.72. The van der Waals surface area contributed by atoms with E-state index in [1.54, 1.807) is 18.2 Å². The van der Waals surface area contributed by atoms with Crippen LogP contribution in [0, 0.1) is 0 Å². The second-order valence-corrected chi connectivity index (χ2v) is 9.96. The van der Waals surface area contributed by atoms with Crippen molar-refractivity contribution in [3.63, 3.8) is 0 Å². The van der Waals surface area contributed by atoms with E-state index in [2.05, 4.69) is 5.32 Å². The van der Waals surface area contributed by atoms with Gasteiger partial charge in [-0.1, -0.05) is 12.8 Å². The van der Waals surface area contributed by atoms with Gasteiger partial charge >= 0.3 is 0 Å². The van der Waals surface area contributed by atoms with Crippen LogP contribution in [-0.2, 0) is 26.0 Å². The predicted molar refractivity (Wildman–Crippen MR) is 109 cm³/mol. The van der Waals surface area contributed by atoms with Crippen molar-refractivity contribution in [2.75, 3.05) is 51.1 Å². The van der Waals surface area contributed by atoms with Crippen molar-refractivity contribution in [1.82, 2.24) is 14.1 Å². The first-order valence-corrected chi connectivity index (χ1v) is 11.8. The topological polar surface area (TPSA) is 90.0 Å². The monoisotopic (exact) mass is 420 g/mol. The first kappa shape index (κ1) is 20.3. The van der Waals surface area contributed by atoms with Crippen molar-refractivity contribution in [3.8, 4) is 0 Å². The van der Waals surface area contributed by atoms with Crippen LogP contribution in [0.25, 0.3) is 0 Å². The lowest BCUT2D eigenvalue weighted by Gasteiger charge is -2.34. The summed E-state index contributed by atoms with van der Waals surface area (Å²) in [5.74, 6) is 0.0382. The lowest BCUT2D eigenvalue weighted by atomic mass is 10.2. The van der Waals surface area contributed by atoms with Crippen LogP contribution in [0.5, 0.6) is 0 Å². The summed E-state index contributed by atoms with van der Waals surface area (Å²) >= 11 is 0. The second-order valence-electron chi connectivity index (χ2n) is 8.02. The summed E-state index contributed by atoms with van der Waals surface area (Å²) in [7, 11) is -3.61. The van der Waals surface area contributed by atoms with Crippen molar-refractivity contribution >= 4 is 27.5 Å². The number of nitrogens with zero attached hydrogens (tertiary/aromatic N) is 3. The fourth-order valence-corrected chi connectivity index (χ4v) is 5.73. The number of likely N-dealkylation sites (tertiary alicyclic amines) is 1. The molecule has 29 heavy (non-hydrogen) atoms. The molecule has 1 aromatic rings. The standard InChI is InChI=1S/C20H28N4O4S/c25-19-14-16-13-17(5-6-18(16)21-19)29(27,28)24-11-9-22(10-12-24)15-20(26)23-7-3-1-2-4-8-23/h5-6,13H,1-4,7-12,14-15H2,(H,21,25). The molecule has 2 amide bonds. The van der Waals surface area contributed by atoms with E-state index < -0.39 is 10.0 Å². The molecule has 158 valence electrons. The molecule has 2 saturated heterocycles. The number of fused-ring (bicyclic) bond motifs is 1. The zero-order valence-corrected chi connectivity index (χ0v) is 17.4. The number of carbonyl (C=O) groups excluding carboxylic acids is 2. The summed E-state index contributed by atoms with van der Waals surface area (Å²) in [6.45, 7) is 3.85. The number of rotatable bonds is 4. The van der Waals surface area contributed by atoms with Gasteiger partial charge in [0, 0.05) is 45.0 Å². The number of piperazine rings is 1. The van der Waals surface area contributed by atoms with Gasteiger partial charge in [-0.15, -0.1) is 0 Å². The van der Waals surface area contributed by atoms with Crippen molar-refractivity contribution in [3.05, 3.63) is 23.8 Å². The fraction of sp³-hybridized carbons (Fsp3) is 0.600. The molecule has 3 aliphatic heterocycles. The number of hydrogen-bond donors (Lipinski definition) is 1. The Bertz CT molecular complexity index is 886. The van der Waals surface area contributed by atoms with E-state index in [4.69, 9.17) is 0 Å². The third-order valence-electron chi connectivity index (χ3n) is 5.99. The maximum absolute atomic E-state index is 13.0. The molecule has 0 aromatic heterocycles. The minimum absolute atomic E-state index is 0.114. The van der Waals surface area contributed by atoms with Crippen molar-refractivity contribution in [2.24, 2.45) is 0 Å². The van der Waals surface area contributed by atoms with Crippen LogP contribution in [0.1, 0.15) is 31.2 Å². The molecule has 0 unspecified atom stereocenters. The van der Waals surface area contributed by atoms with Crippen LogP contribution in [0.15, 0.2) is 23.1 Å². The summed E-state index contributed by atoms with van der Waals surface area (Å²) in [5.41, 5.74) is 1.41. The normalized spacial score (nSPS) is 21.5. The van der Waals surface area contributed by atoms with Crippen LogP contribution in [-0.4, -0.2) is 80.2 Å². The smallest absolute Gasteiger partial charge is 0.243 e. The molecule has 9 heteroatoms. The molecule has 2 fully saturated rings. The molecule has 3 aliphatic rings. The van der Waals surface area contributed by atoms with Crippen LogP contribution in [0.3, 0.4) is 0 Å². The Hall–Kier alpha value is -1.97. The average molecular weight is 421 g/mol. The van der Waals surface area contributed by atoms with Gasteiger partial charge in [0.25, 0.3) is 0 Å². The highest BCUT2D eigenvalue weighted by Crippen LogP contribution is 2.27. The third kappa shape index (κ3) is 4.46. The lowest BCUT2D eigenvalue weighted by Crippen LogP contribution is -2.51. The summed E-state index contributed by atoms with van der Waals surface area (Å²) in [6.07, 6.45) is 4.73. The van der Waals surface area contributed by atoms with Gasteiger partial charge in [-0.05, 0) is 36.6 Å². The number of sulfonamides is 1. The Morgan fingerprint density at radius 1 is 0.966 bits per heavy atom. The molecular weight excluding hydrogens is 392 g/mol. The molecule has 0 atom stereocenters. The van der Waals surface area contributed by atoms with Gasteiger partial charge in [0.2, 0.25) is 21.8 Å². The van der Waals surface area contributed by atoms with Gasteiger partial charge in [-0.2, -0.15) is 4.31 Å². The van der Waals surface area contributed by atoms with Gasteiger partial charge in [0.1, 0.15) is 0 Å². The van der Waals surface area contributed by atoms with Crippen LogP contribution >= 0.6 is 0 Å². The number of amides is 2. The maximum Gasteiger partial charge on any atom is 0.243 e. The first-order valence-electron chi connectivity index (χ1n) is 10.4. The van der Waals surface area contributed by atoms with E-state index >= 15 is 0 Å². The first-order chi connectivity index (χ1) is 13.9. The Kier molecular flexibility index (Phi) is 5.89. The molecule has 0 saturated carbocycles. The zero-order chi connectivity index (χ0) is 20.4. The average Bonchev–Trinajstić information content (AvgIpc) is 2.89. The summed E-state index contributed by atoms with van der Waals surface area (Å²) in [4.78, 5) is 28.3. The van der Waals surface area contributed by atoms with Crippen molar-refractivity contribution < 1.29 is 18.0 Å². The Morgan fingerprint density at radius 3 is 2.34 bits per heavy atom. The van der Waals surface area contributed by atoms with Gasteiger partial charge < -0.3 is 10.2 Å². The highest BCUT2D eigenvalue weighted by molar-refractivity contribution is 7.89. The van der Waals surface area contributed by atoms with E-state index in [0.29, 0.717) is 38.4 Å². The maximum atomic E-state index is 13.0. The Labute approximate surface area is 171 Å². The minimum atomic E-state index is -3.61. The van der Waals surface area contributed by atoms with E-state index in [1.165, 1.54) is 17.1 Å². The van der Waals surface area contributed by atoms with Gasteiger partial charge in [-0.25, -0.2) is 8.42 Å². The highest BCUT2D eigenvalue weighted by Gasteiger charge is 2.31. The number of anilines is 1. The van der Waals surface area contributed by atoms with Gasteiger partial charge in [-0.3, -0.25) is 14.5 Å². The van der Waals surface area contributed by atoms with Gasteiger partial charge in [0.05, 0.1) is 17.9 Å². The van der Waals surface area contributed by atoms with Crippen molar-refractivity contribution in [2.45, 2.75) is 37.0 Å². The highest BCUT2D eigenvalue weighted by atomic mass is 32.2. The Morgan fingerprint density at radius 2 is 1.66 bits per heavy atom. The lowest BCUT2D eigenvalue weighted by molar-refractivity contribution is -0.132. The largest absolute Gasteiger partial charge is 0.342 e. The molecule has 0 bridgehead atoms. The SMILES string of the molecule is O=C1Cc2cc(S(=O)(=O)N3CCN(CC(=O)N4CCCCCC4)CC3)ccc2N1. The summed E-state index contributed by atoms with van der Waals surface area (Å²) < 4.78 is 27.5. The molecule has 8 nitrogen and oxygen atoms in total. The van der Waals surface area contributed by atoms with Gasteiger partial charge in [0.15, 0.2) is 0 Å². The predicted octanol–water partition coefficient (Wildman–Crippen LogP) is 0.890. The molecule has 0 radical (unpaired) electrons. The zero-order valence-electron chi connectivity index (χ0n) is 16.6. The van der Waals surface area contributed by atoms with E-state index in [0.717, 1.165) is 31.5 Å². The quantitative estimate of drug-likeness (QED) is 0.781. The molecule has 4 rings (SSSR count). The van der Waals surface area contributed by atoms with E-state index in [1.807, 2.05) is 9.80 Å². The third-order valence-corrected chi connectivity index (χ3v) is 7.88. The van der Waals surface area contributed by atoms with E-state index in [-0.39, 0.29) is 23.1 Å². The molecule has 1 N–H and O–H groups in total. The molecule has 0 aliphatic carbocycles. The Balaban J connectivity index is 1.35. The fourth-order valence-electron chi connectivity index (χ4n) is 4.25. The van der Waals surface area contributed by atoms with E-state index in [9.17, 15) is 18.0 Å². The van der Waals surface area contributed by atoms with Crippen molar-refractivity contribution in [1.29, 1.82) is 0 Å². The number of nitrogens with one attached hydrogen (secondary N) is 1. The minimum Gasteiger partial charge on any atom is -0.342 e. The second kappa shape index (κ2) is 8.41.